The Labute approximate surface area is 121 Å². The maximum absolute atomic E-state index is 6.13. The lowest BCUT2D eigenvalue weighted by Gasteiger charge is -2.44. The molecule has 1 spiro atoms. The number of rotatable bonds is 3. The molecule has 19 heavy (non-hydrogen) atoms. The van der Waals surface area contributed by atoms with E-state index in [1.807, 2.05) is 17.1 Å². The third-order valence-corrected chi connectivity index (χ3v) is 5.79. The predicted molar refractivity (Wildman–Crippen MR) is 77.9 cm³/mol. The fourth-order valence-corrected chi connectivity index (χ4v) is 4.94. The lowest BCUT2D eigenvalue weighted by atomic mass is 9.78. The van der Waals surface area contributed by atoms with Crippen molar-refractivity contribution in [3.8, 4) is 0 Å². The molecule has 0 saturated carbocycles. The van der Waals surface area contributed by atoms with Gasteiger partial charge in [-0.25, -0.2) is 0 Å². The first kappa shape index (κ1) is 13.8. The fourth-order valence-electron chi connectivity index (χ4n) is 3.21. The Bertz CT molecular complexity index is 389. The maximum atomic E-state index is 6.13. The number of hydrazine groups is 1. The van der Waals surface area contributed by atoms with E-state index in [2.05, 4.69) is 15.0 Å². The molecule has 3 N–H and O–H groups in total. The zero-order chi connectivity index (χ0) is 13.1. The van der Waals surface area contributed by atoms with Crippen molar-refractivity contribution in [3.05, 3.63) is 11.1 Å². The van der Waals surface area contributed by atoms with E-state index in [0.29, 0.717) is 5.92 Å². The van der Waals surface area contributed by atoms with Crippen LogP contribution in [0.25, 0.3) is 0 Å². The molecular weight excluding hydrogens is 280 g/mol. The number of ether oxygens (including phenoxy) is 1. The largest absolute Gasteiger partial charge is 0.375 e. The minimum atomic E-state index is 0.0900. The quantitative estimate of drug-likeness (QED) is 0.654. The number of nitrogens with one attached hydrogen (secondary N) is 1. The van der Waals surface area contributed by atoms with Crippen molar-refractivity contribution in [3.63, 3.8) is 0 Å². The maximum Gasteiger partial charge on any atom is 0.0941 e. The minimum absolute atomic E-state index is 0.0900. The molecule has 1 aromatic heterocycles. The fraction of sp³-hybridized carbons (Fsp3) is 0.833. The summed E-state index contributed by atoms with van der Waals surface area (Å²) in [6.45, 7) is 0.838. The second-order valence-corrected chi connectivity index (χ2v) is 7.21. The number of nitrogens with two attached hydrogens (primary N) is 1. The Kier molecular flexibility index (Phi) is 4.38. The summed E-state index contributed by atoms with van der Waals surface area (Å²) in [7, 11) is 0. The van der Waals surface area contributed by atoms with Gasteiger partial charge in [-0.05, 0) is 54.6 Å². The third-order valence-electron chi connectivity index (χ3n) is 4.28. The average molecular weight is 300 g/mol. The summed E-state index contributed by atoms with van der Waals surface area (Å²) in [4.78, 5) is 0. The highest BCUT2D eigenvalue weighted by Crippen LogP contribution is 2.43. The number of nitrogens with zero attached hydrogens (tertiary/aromatic N) is 2. The summed E-state index contributed by atoms with van der Waals surface area (Å²) in [6, 6.07) is 0.106. The van der Waals surface area contributed by atoms with E-state index in [9.17, 15) is 0 Å². The monoisotopic (exact) mass is 300 g/mol. The smallest absolute Gasteiger partial charge is 0.0941 e. The van der Waals surface area contributed by atoms with Crippen LogP contribution in [0.3, 0.4) is 0 Å². The Morgan fingerprint density at radius 3 is 3.00 bits per heavy atom. The van der Waals surface area contributed by atoms with E-state index in [1.165, 1.54) is 35.9 Å². The third kappa shape index (κ3) is 2.95. The molecule has 106 valence electrons. The van der Waals surface area contributed by atoms with Gasteiger partial charge in [0.05, 0.1) is 17.3 Å². The molecule has 5 nitrogen and oxygen atoms in total. The molecule has 1 aromatic rings. The first-order valence-corrected chi connectivity index (χ1v) is 8.77. The zero-order valence-electron chi connectivity index (χ0n) is 10.9. The van der Waals surface area contributed by atoms with Gasteiger partial charge in [-0.2, -0.15) is 11.8 Å². The molecule has 0 radical (unpaired) electrons. The minimum Gasteiger partial charge on any atom is -0.375 e. The van der Waals surface area contributed by atoms with Crippen molar-refractivity contribution < 1.29 is 4.74 Å². The van der Waals surface area contributed by atoms with Gasteiger partial charge in [-0.15, -0.1) is 5.10 Å². The lowest BCUT2D eigenvalue weighted by Crippen LogP contribution is -2.46. The molecule has 0 amide bonds. The number of hydrogen-bond donors (Lipinski definition) is 2. The molecule has 2 aliphatic rings. The summed E-state index contributed by atoms with van der Waals surface area (Å²) < 4.78 is 10.1. The van der Waals surface area contributed by atoms with Gasteiger partial charge in [0.2, 0.25) is 0 Å². The van der Waals surface area contributed by atoms with Gasteiger partial charge in [0.1, 0.15) is 0 Å². The van der Waals surface area contributed by atoms with Gasteiger partial charge in [0.25, 0.3) is 0 Å². The van der Waals surface area contributed by atoms with Crippen LogP contribution >= 0.6 is 23.3 Å². The Hall–Kier alpha value is -0.210. The van der Waals surface area contributed by atoms with Crippen molar-refractivity contribution in [2.75, 3.05) is 18.1 Å². The van der Waals surface area contributed by atoms with E-state index in [-0.39, 0.29) is 11.6 Å². The van der Waals surface area contributed by atoms with Crippen LogP contribution in [-0.4, -0.2) is 33.3 Å². The average Bonchev–Trinajstić information content (AvgIpc) is 2.95. The van der Waals surface area contributed by atoms with Crippen LogP contribution in [0.4, 0.5) is 0 Å². The first-order valence-electron chi connectivity index (χ1n) is 6.78. The van der Waals surface area contributed by atoms with Crippen LogP contribution in [0, 0.1) is 5.92 Å². The summed E-state index contributed by atoms with van der Waals surface area (Å²) in [5.41, 5.74) is 4.00. The predicted octanol–water partition coefficient (Wildman–Crippen LogP) is 1.73. The molecule has 2 saturated heterocycles. The SMILES string of the molecule is NNC(c1csnn1)C1CCOC2(CCSCC2)C1. The molecule has 2 unspecified atom stereocenters. The van der Waals surface area contributed by atoms with Crippen molar-refractivity contribution in [1.29, 1.82) is 0 Å². The standard InChI is InChI=1S/C12H20N4OS2/c13-14-11(10-8-19-16-15-10)9-1-4-17-12(7-9)2-5-18-6-3-12/h8-9,11,14H,1-7,13H2. The Morgan fingerprint density at radius 2 is 2.32 bits per heavy atom. The summed E-state index contributed by atoms with van der Waals surface area (Å²) >= 11 is 3.42. The summed E-state index contributed by atoms with van der Waals surface area (Å²) in [5, 5.41) is 6.17. The molecule has 2 fully saturated rings. The van der Waals surface area contributed by atoms with Crippen molar-refractivity contribution >= 4 is 23.3 Å². The normalized spacial score (nSPS) is 28.4. The summed E-state index contributed by atoms with van der Waals surface area (Å²) in [5.74, 6) is 8.67. The van der Waals surface area contributed by atoms with Crippen LogP contribution in [0.15, 0.2) is 5.38 Å². The van der Waals surface area contributed by atoms with Gasteiger partial charge in [0, 0.05) is 12.0 Å². The molecule has 3 heterocycles. The van der Waals surface area contributed by atoms with Crippen molar-refractivity contribution in [2.24, 2.45) is 11.8 Å². The molecule has 2 aliphatic heterocycles. The number of aromatic nitrogens is 2. The molecule has 0 aliphatic carbocycles. The first-order chi connectivity index (χ1) is 9.33. The summed E-state index contributed by atoms with van der Waals surface area (Å²) in [6.07, 6.45) is 4.46. The van der Waals surface area contributed by atoms with Gasteiger partial charge < -0.3 is 4.74 Å². The van der Waals surface area contributed by atoms with Crippen molar-refractivity contribution in [2.45, 2.75) is 37.3 Å². The molecule has 2 atom stereocenters. The Balaban J connectivity index is 1.73. The highest BCUT2D eigenvalue weighted by Gasteiger charge is 2.41. The molecule has 3 rings (SSSR count). The zero-order valence-corrected chi connectivity index (χ0v) is 12.5. The highest BCUT2D eigenvalue weighted by atomic mass is 32.2. The van der Waals surface area contributed by atoms with E-state index in [0.717, 1.165) is 25.1 Å². The van der Waals surface area contributed by atoms with E-state index in [1.54, 1.807) is 0 Å². The highest BCUT2D eigenvalue weighted by molar-refractivity contribution is 7.99. The van der Waals surface area contributed by atoms with Crippen molar-refractivity contribution in [1.82, 2.24) is 15.0 Å². The van der Waals surface area contributed by atoms with Gasteiger partial charge in [0.15, 0.2) is 0 Å². The van der Waals surface area contributed by atoms with Gasteiger partial charge in [-0.1, -0.05) is 4.49 Å². The molecular formula is C12H20N4OS2. The molecule has 0 bridgehead atoms. The van der Waals surface area contributed by atoms with E-state index >= 15 is 0 Å². The topological polar surface area (TPSA) is 73.1 Å². The second kappa shape index (κ2) is 6.05. The number of hydrogen-bond acceptors (Lipinski definition) is 7. The Morgan fingerprint density at radius 1 is 1.47 bits per heavy atom. The van der Waals surface area contributed by atoms with E-state index < -0.39 is 0 Å². The molecule has 0 aromatic carbocycles. The van der Waals surface area contributed by atoms with Gasteiger partial charge >= 0.3 is 0 Å². The number of thioether (sulfide) groups is 1. The lowest BCUT2D eigenvalue weighted by molar-refractivity contribution is -0.107. The van der Waals surface area contributed by atoms with Crippen LogP contribution in [0.2, 0.25) is 0 Å². The van der Waals surface area contributed by atoms with Crippen LogP contribution in [-0.2, 0) is 4.74 Å². The van der Waals surface area contributed by atoms with E-state index in [4.69, 9.17) is 10.6 Å². The van der Waals surface area contributed by atoms with Crippen LogP contribution < -0.4 is 11.3 Å². The molecule has 7 heteroatoms. The second-order valence-electron chi connectivity index (χ2n) is 5.37. The van der Waals surface area contributed by atoms with Gasteiger partial charge in [-0.3, -0.25) is 11.3 Å². The van der Waals surface area contributed by atoms with Crippen LogP contribution in [0.1, 0.15) is 37.4 Å². The van der Waals surface area contributed by atoms with Crippen LogP contribution in [0.5, 0.6) is 0 Å².